The third kappa shape index (κ3) is 3.95. The van der Waals surface area contributed by atoms with Gasteiger partial charge in [0.15, 0.2) is 0 Å². The molecule has 0 spiro atoms. The van der Waals surface area contributed by atoms with Gasteiger partial charge in [-0.1, -0.05) is 0 Å². The summed E-state index contributed by atoms with van der Waals surface area (Å²) in [6, 6.07) is 0. The van der Waals surface area contributed by atoms with Crippen molar-refractivity contribution in [1.82, 2.24) is 5.32 Å². The van der Waals surface area contributed by atoms with Crippen LogP contribution in [0.4, 0.5) is 4.79 Å². The Morgan fingerprint density at radius 1 is 2.00 bits per heavy atom. The molecule has 0 aliphatic heterocycles. The van der Waals surface area contributed by atoms with Gasteiger partial charge >= 0.3 is 0 Å². The van der Waals surface area contributed by atoms with Gasteiger partial charge in [0.1, 0.15) is 0 Å². The summed E-state index contributed by atoms with van der Waals surface area (Å²) in [5, 5.41) is 2.31. The molecule has 30 valence electrons. The first-order chi connectivity index (χ1) is 2.27. The minimum Gasteiger partial charge on any atom is -0.350 e. The van der Waals surface area contributed by atoms with Crippen LogP contribution in [0.25, 0.3) is 0 Å². The molecule has 0 unspecified atom stereocenters. The third-order valence-corrected chi connectivity index (χ3v) is 0.593. The van der Waals surface area contributed by atoms with Crippen LogP contribution in [0, 0.1) is 0 Å². The first-order valence-electron chi connectivity index (χ1n) is 1.14. The first-order valence-corrected chi connectivity index (χ1v) is 1.94. The molecule has 0 aliphatic rings. The molecule has 0 heterocycles. The third-order valence-electron chi connectivity index (χ3n) is 0.197. The molecular formula is C2H4BrNO. The lowest BCUT2D eigenvalue weighted by Crippen LogP contribution is -2.06. The SMILES string of the molecule is CNC(=O)Br. The Hall–Kier alpha value is -0.0500. The topological polar surface area (TPSA) is 29.1 Å². The molecule has 0 aromatic heterocycles. The first kappa shape index (κ1) is 4.95. The van der Waals surface area contributed by atoms with Crippen LogP contribution in [0.1, 0.15) is 0 Å². The molecule has 0 radical (unpaired) electrons. The van der Waals surface area contributed by atoms with Gasteiger partial charge < -0.3 is 5.32 Å². The number of nitrogens with one attached hydrogen (secondary N) is 1. The summed E-state index contributed by atoms with van der Waals surface area (Å²) < 4.78 is 0. The summed E-state index contributed by atoms with van der Waals surface area (Å²) in [6.45, 7) is 0. The van der Waals surface area contributed by atoms with Gasteiger partial charge in [-0.3, -0.25) is 4.79 Å². The Labute approximate surface area is 38.7 Å². The summed E-state index contributed by atoms with van der Waals surface area (Å²) >= 11 is 2.62. The van der Waals surface area contributed by atoms with Crippen LogP contribution < -0.4 is 5.32 Å². The molecule has 0 atom stereocenters. The standard InChI is InChI=1S/C2H4BrNO/c1-4-2(3)5/h1H3,(H,4,5). The molecule has 0 aliphatic carbocycles. The van der Waals surface area contributed by atoms with E-state index in [-0.39, 0.29) is 4.82 Å². The van der Waals surface area contributed by atoms with E-state index in [9.17, 15) is 4.79 Å². The van der Waals surface area contributed by atoms with Crippen molar-refractivity contribution in [2.24, 2.45) is 0 Å². The Kier molecular flexibility index (Phi) is 2.18. The number of hydrogen-bond acceptors (Lipinski definition) is 1. The Morgan fingerprint density at radius 3 is 2.20 bits per heavy atom. The maximum absolute atomic E-state index is 9.62. The minimum absolute atomic E-state index is 0.183. The lowest BCUT2D eigenvalue weighted by atomic mass is 11.2. The molecule has 0 bridgehead atoms. The van der Waals surface area contributed by atoms with Crippen LogP contribution in [0.2, 0.25) is 0 Å². The van der Waals surface area contributed by atoms with E-state index in [0.29, 0.717) is 0 Å². The minimum atomic E-state index is -0.183. The lowest BCUT2D eigenvalue weighted by molar-refractivity contribution is 0.263. The zero-order chi connectivity index (χ0) is 4.28. The molecule has 2 nitrogen and oxygen atoms in total. The van der Waals surface area contributed by atoms with E-state index >= 15 is 0 Å². The van der Waals surface area contributed by atoms with Gasteiger partial charge in [-0.15, -0.1) is 0 Å². The predicted octanol–water partition coefficient (Wildman–Crippen LogP) is 0.721. The summed E-state index contributed by atoms with van der Waals surface area (Å²) in [6.07, 6.45) is 0. The van der Waals surface area contributed by atoms with Gasteiger partial charge in [0.2, 0.25) is 0 Å². The average Bonchev–Trinajstić information content (AvgIpc) is 1.38. The van der Waals surface area contributed by atoms with E-state index in [2.05, 4.69) is 21.2 Å². The van der Waals surface area contributed by atoms with Crippen LogP contribution in [-0.2, 0) is 0 Å². The second-order valence-electron chi connectivity index (χ2n) is 0.524. The van der Waals surface area contributed by atoms with Crippen LogP contribution in [0.15, 0.2) is 0 Å². The molecule has 3 heteroatoms. The number of carbonyl (C=O) groups is 1. The van der Waals surface area contributed by atoms with Crippen molar-refractivity contribution in [2.75, 3.05) is 7.05 Å². The number of amides is 1. The fourth-order valence-corrected chi connectivity index (χ4v) is 0. The maximum Gasteiger partial charge on any atom is 0.286 e. The Morgan fingerprint density at radius 2 is 2.20 bits per heavy atom. The molecular weight excluding hydrogens is 134 g/mol. The monoisotopic (exact) mass is 137 g/mol. The smallest absolute Gasteiger partial charge is 0.286 e. The van der Waals surface area contributed by atoms with Gasteiger partial charge in [0.05, 0.1) is 0 Å². The van der Waals surface area contributed by atoms with Crippen molar-refractivity contribution in [3.63, 3.8) is 0 Å². The molecule has 0 aromatic rings. The molecule has 5 heavy (non-hydrogen) atoms. The van der Waals surface area contributed by atoms with E-state index in [1.165, 1.54) is 0 Å². The predicted molar refractivity (Wildman–Crippen MR) is 23.4 cm³/mol. The zero-order valence-electron chi connectivity index (χ0n) is 2.79. The lowest BCUT2D eigenvalue weighted by Gasteiger charge is -1.77. The average molecular weight is 138 g/mol. The highest BCUT2D eigenvalue weighted by Gasteiger charge is 1.76. The second kappa shape index (κ2) is 2.20. The van der Waals surface area contributed by atoms with Crippen molar-refractivity contribution in [3.05, 3.63) is 0 Å². The summed E-state index contributed by atoms with van der Waals surface area (Å²) in [5.74, 6) is 0. The van der Waals surface area contributed by atoms with Crippen molar-refractivity contribution in [1.29, 1.82) is 0 Å². The molecule has 0 saturated heterocycles. The fourth-order valence-electron chi connectivity index (χ4n) is 0. The quantitative estimate of drug-likeness (QED) is 0.387. The maximum atomic E-state index is 9.62. The van der Waals surface area contributed by atoms with Crippen molar-refractivity contribution in [3.8, 4) is 0 Å². The van der Waals surface area contributed by atoms with Crippen LogP contribution in [0.3, 0.4) is 0 Å². The van der Waals surface area contributed by atoms with E-state index in [1.807, 2.05) is 0 Å². The van der Waals surface area contributed by atoms with Crippen LogP contribution in [0.5, 0.6) is 0 Å². The highest BCUT2D eigenvalue weighted by atomic mass is 79.9. The van der Waals surface area contributed by atoms with Gasteiger partial charge in [-0.2, -0.15) is 0 Å². The number of rotatable bonds is 0. The Bertz CT molecular complexity index is 44.9. The number of hydrogen-bond donors (Lipinski definition) is 1. The van der Waals surface area contributed by atoms with Crippen molar-refractivity contribution in [2.45, 2.75) is 0 Å². The highest BCUT2D eigenvalue weighted by molar-refractivity contribution is 9.18. The molecule has 0 aromatic carbocycles. The summed E-state index contributed by atoms with van der Waals surface area (Å²) in [4.78, 5) is 9.44. The summed E-state index contributed by atoms with van der Waals surface area (Å²) in [5.41, 5.74) is 0. The van der Waals surface area contributed by atoms with Crippen molar-refractivity contribution >= 4 is 20.7 Å². The molecule has 1 N–H and O–H groups in total. The van der Waals surface area contributed by atoms with E-state index in [4.69, 9.17) is 0 Å². The normalized spacial score (nSPS) is 6.80. The second-order valence-corrected chi connectivity index (χ2v) is 1.24. The van der Waals surface area contributed by atoms with E-state index in [0.717, 1.165) is 0 Å². The van der Waals surface area contributed by atoms with Gasteiger partial charge in [0.25, 0.3) is 4.82 Å². The van der Waals surface area contributed by atoms with E-state index in [1.54, 1.807) is 7.05 Å². The Balaban J connectivity index is 2.85. The molecule has 1 amide bonds. The molecule has 0 saturated carbocycles. The van der Waals surface area contributed by atoms with Gasteiger partial charge in [-0.05, 0) is 0 Å². The van der Waals surface area contributed by atoms with E-state index < -0.39 is 0 Å². The van der Waals surface area contributed by atoms with Gasteiger partial charge in [0, 0.05) is 23.0 Å². The largest absolute Gasteiger partial charge is 0.350 e. The number of carbonyl (C=O) groups excluding carboxylic acids is 1. The van der Waals surface area contributed by atoms with Crippen molar-refractivity contribution < 1.29 is 4.79 Å². The van der Waals surface area contributed by atoms with Gasteiger partial charge in [-0.25, -0.2) is 0 Å². The van der Waals surface area contributed by atoms with Crippen LogP contribution in [-0.4, -0.2) is 11.9 Å². The molecule has 0 rings (SSSR count). The zero-order valence-corrected chi connectivity index (χ0v) is 4.37. The number of halogens is 1. The highest BCUT2D eigenvalue weighted by Crippen LogP contribution is 1.75. The molecule has 0 fully saturated rings. The summed E-state index contributed by atoms with van der Waals surface area (Å²) in [7, 11) is 1.55. The van der Waals surface area contributed by atoms with Crippen LogP contribution >= 0.6 is 15.9 Å². The fraction of sp³-hybridized carbons (Fsp3) is 0.500.